The number of hydrogen-bond acceptors (Lipinski definition) is 2. The van der Waals surface area contributed by atoms with E-state index in [1.807, 2.05) is 0 Å². The number of halogens is 3. The topological polar surface area (TPSA) is 49.0 Å². The third kappa shape index (κ3) is 3.09. The molecule has 1 aromatic heterocycles. The van der Waals surface area contributed by atoms with Crippen molar-refractivity contribution in [3.8, 4) is 0 Å². The fourth-order valence-electron chi connectivity index (χ4n) is 1.94. The Morgan fingerprint density at radius 3 is 2.70 bits per heavy atom. The Labute approximate surface area is 113 Å². The van der Waals surface area contributed by atoms with Crippen molar-refractivity contribution in [3.05, 3.63) is 30.0 Å². The highest BCUT2D eigenvalue weighted by Crippen LogP contribution is 2.21. The van der Waals surface area contributed by atoms with Gasteiger partial charge in [-0.25, -0.2) is 0 Å². The van der Waals surface area contributed by atoms with Crippen LogP contribution in [0.1, 0.15) is 23.8 Å². The van der Waals surface area contributed by atoms with Crippen LogP contribution in [0.2, 0.25) is 0 Å². The standard InChI is InChI=1S/C13H14F3N3O/c1-2-19(8-7-13(14,15)16)12(20)11-9-5-3-4-6-10(9)17-18-11/h3-6H,2,7-8H2,1H3,(H,17,18). The molecule has 2 aromatic rings. The number of nitrogens with zero attached hydrogens (tertiary/aromatic N) is 2. The van der Waals surface area contributed by atoms with Gasteiger partial charge >= 0.3 is 6.18 Å². The Balaban J connectivity index is 2.20. The Hall–Kier alpha value is -2.05. The molecule has 4 nitrogen and oxygen atoms in total. The summed E-state index contributed by atoms with van der Waals surface area (Å²) in [6.07, 6.45) is -5.30. The monoisotopic (exact) mass is 285 g/mol. The normalized spacial score (nSPS) is 11.8. The molecule has 0 fully saturated rings. The highest BCUT2D eigenvalue weighted by Gasteiger charge is 2.29. The van der Waals surface area contributed by atoms with Crippen LogP contribution in [0.15, 0.2) is 24.3 Å². The zero-order valence-corrected chi connectivity index (χ0v) is 10.9. The summed E-state index contributed by atoms with van der Waals surface area (Å²) in [7, 11) is 0. The molecular formula is C13H14F3N3O. The number of rotatable bonds is 4. The lowest BCUT2D eigenvalue weighted by Gasteiger charge is -2.20. The number of nitrogens with one attached hydrogen (secondary N) is 1. The largest absolute Gasteiger partial charge is 0.390 e. The maximum Gasteiger partial charge on any atom is 0.390 e. The molecule has 0 unspecified atom stereocenters. The van der Waals surface area contributed by atoms with E-state index in [1.54, 1.807) is 31.2 Å². The number of aromatic amines is 1. The van der Waals surface area contributed by atoms with Crippen molar-refractivity contribution in [2.45, 2.75) is 19.5 Å². The first-order chi connectivity index (χ1) is 9.42. The summed E-state index contributed by atoms with van der Waals surface area (Å²) in [4.78, 5) is 13.4. The summed E-state index contributed by atoms with van der Waals surface area (Å²) in [5.74, 6) is -0.491. The van der Waals surface area contributed by atoms with Gasteiger partial charge in [-0.2, -0.15) is 18.3 Å². The molecule has 2 rings (SSSR count). The molecule has 0 aliphatic heterocycles. The van der Waals surface area contributed by atoms with Gasteiger partial charge in [-0.3, -0.25) is 9.89 Å². The third-order valence-electron chi connectivity index (χ3n) is 3.01. The molecule has 7 heteroatoms. The number of para-hydroxylation sites is 1. The van der Waals surface area contributed by atoms with Gasteiger partial charge in [-0.1, -0.05) is 18.2 Å². The number of hydrogen-bond donors (Lipinski definition) is 1. The predicted molar refractivity (Wildman–Crippen MR) is 68.3 cm³/mol. The van der Waals surface area contributed by atoms with Crippen LogP contribution in [0.4, 0.5) is 13.2 Å². The molecule has 0 radical (unpaired) electrons. The van der Waals surface area contributed by atoms with E-state index < -0.39 is 18.5 Å². The smallest absolute Gasteiger partial charge is 0.337 e. The fourth-order valence-corrected chi connectivity index (χ4v) is 1.94. The molecule has 1 heterocycles. The van der Waals surface area contributed by atoms with Crippen LogP contribution in [-0.2, 0) is 0 Å². The second-order valence-corrected chi connectivity index (χ2v) is 4.37. The highest BCUT2D eigenvalue weighted by atomic mass is 19.4. The zero-order valence-electron chi connectivity index (χ0n) is 10.9. The maximum atomic E-state index is 12.3. The van der Waals surface area contributed by atoms with Gasteiger partial charge < -0.3 is 4.90 Å². The molecule has 1 aromatic carbocycles. The number of H-pyrrole nitrogens is 1. The molecule has 0 saturated carbocycles. The predicted octanol–water partition coefficient (Wildman–Crippen LogP) is 2.98. The number of amides is 1. The molecule has 1 N–H and O–H groups in total. The van der Waals surface area contributed by atoms with Crippen LogP contribution in [0.25, 0.3) is 10.9 Å². The van der Waals surface area contributed by atoms with E-state index in [1.165, 1.54) is 0 Å². The summed E-state index contributed by atoms with van der Waals surface area (Å²) in [6.45, 7) is 1.49. The van der Waals surface area contributed by atoms with Gasteiger partial charge in [0.15, 0.2) is 5.69 Å². The van der Waals surface area contributed by atoms with E-state index in [0.29, 0.717) is 10.9 Å². The summed E-state index contributed by atoms with van der Waals surface area (Å²) < 4.78 is 36.8. The second-order valence-electron chi connectivity index (χ2n) is 4.37. The molecule has 0 atom stereocenters. The summed E-state index contributed by atoms with van der Waals surface area (Å²) in [6, 6.07) is 7.01. The number of carbonyl (C=O) groups is 1. The molecule has 0 aliphatic carbocycles. The second kappa shape index (κ2) is 5.52. The minimum Gasteiger partial charge on any atom is -0.337 e. The Morgan fingerprint density at radius 2 is 2.05 bits per heavy atom. The van der Waals surface area contributed by atoms with E-state index in [-0.39, 0.29) is 18.8 Å². The van der Waals surface area contributed by atoms with Crippen molar-refractivity contribution in [1.29, 1.82) is 0 Å². The Bertz CT molecular complexity index is 606. The molecule has 1 amide bonds. The summed E-state index contributed by atoms with van der Waals surface area (Å²) >= 11 is 0. The molecule has 20 heavy (non-hydrogen) atoms. The first-order valence-electron chi connectivity index (χ1n) is 6.21. The van der Waals surface area contributed by atoms with E-state index in [0.717, 1.165) is 4.90 Å². The minimum absolute atomic E-state index is 0.157. The highest BCUT2D eigenvalue weighted by molar-refractivity contribution is 6.04. The SMILES string of the molecule is CCN(CCC(F)(F)F)C(=O)c1n[nH]c2ccccc12. The molecule has 108 valence electrons. The van der Waals surface area contributed by atoms with Crippen LogP contribution in [0.5, 0.6) is 0 Å². The van der Waals surface area contributed by atoms with Crippen LogP contribution >= 0.6 is 0 Å². The van der Waals surface area contributed by atoms with E-state index in [9.17, 15) is 18.0 Å². The van der Waals surface area contributed by atoms with Crippen molar-refractivity contribution < 1.29 is 18.0 Å². The first kappa shape index (κ1) is 14.4. The first-order valence-corrected chi connectivity index (χ1v) is 6.21. The van der Waals surface area contributed by atoms with Crippen LogP contribution in [0.3, 0.4) is 0 Å². The fraction of sp³-hybridized carbons (Fsp3) is 0.385. The number of aromatic nitrogens is 2. The minimum atomic E-state index is -4.28. The average molecular weight is 285 g/mol. The number of alkyl halides is 3. The molecule has 0 bridgehead atoms. The van der Waals surface area contributed by atoms with Crippen molar-refractivity contribution in [2.24, 2.45) is 0 Å². The molecular weight excluding hydrogens is 271 g/mol. The zero-order chi connectivity index (χ0) is 14.8. The number of fused-ring (bicyclic) bond motifs is 1. The lowest BCUT2D eigenvalue weighted by atomic mass is 10.2. The van der Waals surface area contributed by atoms with Crippen LogP contribution < -0.4 is 0 Å². The van der Waals surface area contributed by atoms with Crippen molar-refractivity contribution in [2.75, 3.05) is 13.1 Å². The van der Waals surface area contributed by atoms with Gasteiger partial charge in [0.05, 0.1) is 11.9 Å². The van der Waals surface area contributed by atoms with Crippen LogP contribution in [-0.4, -0.2) is 40.3 Å². The van der Waals surface area contributed by atoms with Crippen molar-refractivity contribution in [1.82, 2.24) is 15.1 Å². The third-order valence-corrected chi connectivity index (χ3v) is 3.01. The molecule has 0 aliphatic rings. The lowest BCUT2D eigenvalue weighted by Crippen LogP contribution is -2.34. The Morgan fingerprint density at radius 1 is 1.35 bits per heavy atom. The average Bonchev–Trinajstić information content (AvgIpc) is 2.81. The van der Waals surface area contributed by atoms with Gasteiger partial charge in [0, 0.05) is 18.5 Å². The van der Waals surface area contributed by atoms with Gasteiger partial charge in [0.25, 0.3) is 5.91 Å². The lowest BCUT2D eigenvalue weighted by molar-refractivity contribution is -0.136. The van der Waals surface area contributed by atoms with Crippen molar-refractivity contribution in [3.63, 3.8) is 0 Å². The van der Waals surface area contributed by atoms with E-state index >= 15 is 0 Å². The number of benzene rings is 1. The van der Waals surface area contributed by atoms with Gasteiger partial charge in [-0.05, 0) is 13.0 Å². The van der Waals surface area contributed by atoms with E-state index in [4.69, 9.17) is 0 Å². The number of carbonyl (C=O) groups excluding carboxylic acids is 1. The quantitative estimate of drug-likeness (QED) is 0.938. The maximum absolute atomic E-state index is 12.3. The van der Waals surface area contributed by atoms with Gasteiger partial charge in [-0.15, -0.1) is 0 Å². The van der Waals surface area contributed by atoms with E-state index in [2.05, 4.69) is 10.2 Å². The van der Waals surface area contributed by atoms with Gasteiger partial charge in [0.1, 0.15) is 0 Å². The summed E-state index contributed by atoms with van der Waals surface area (Å²) in [5.41, 5.74) is 0.840. The Kier molecular flexibility index (Phi) is 3.96. The summed E-state index contributed by atoms with van der Waals surface area (Å²) in [5, 5.41) is 7.23. The molecule has 0 spiro atoms. The molecule has 0 saturated heterocycles. The van der Waals surface area contributed by atoms with Crippen molar-refractivity contribution >= 4 is 16.8 Å². The van der Waals surface area contributed by atoms with Gasteiger partial charge in [0.2, 0.25) is 0 Å². The van der Waals surface area contributed by atoms with Crippen LogP contribution in [0, 0.1) is 0 Å².